The first-order valence-electron chi connectivity index (χ1n) is 12.4. The summed E-state index contributed by atoms with van der Waals surface area (Å²) in [6.45, 7) is 1.44. The highest BCUT2D eigenvalue weighted by atomic mass is 32.2. The van der Waals surface area contributed by atoms with E-state index in [1.165, 1.54) is 25.1 Å². The predicted octanol–water partition coefficient (Wildman–Crippen LogP) is 3.86. The number of likely N-dealkylation sites (N-methyl/N-ethyl adjacent to an activating group) is 2. The number of nitrogens with zero attached hydrogens (tertiary/aromatic N) is 4. The first-order chi connectivity index (χ1) is 20.1. The van der Waals surface area contributed by atoms with Crippen molar-refractivity contribution in [1.82, 2.24) is 24.5 Å². The second kappa shape index (κ2) is 15.5. The number of carbonyl (C=O) groups excluding carboxylic acids is 1. The maximum absolute atomic E-state index is 12.6. The minimum absolute atomic E-state index is 0.0379. The van der Waals surface area contributed by atoms with Crippen LogP contribution in [0.25, 0.3) is 0 Å². The van der Waals surface area contributed by atoms with Crippen molar-refractivity contribution in [2.75, 3.05) is 58.2 Å². The number of halogens is 3. The summed E-state index contributed by atoms with van der Waals surface area (Å²) in [6, 6.07) is 13.8. The molecule has 0 aliphatic rings. The van der Waals surface area contributed by atoms with Crippen molar-refractivity contribution in [2.45, 2.75) is 16.0 Å². The molecule has 0 atom stereocenters. The molecule has 0 fully saturated rings. The Morgan fingerprint density at radius 1 is 0.953 bits per heavy atom. The number of aromatic nitrogens is 2. The van der Waals surface area contributed by atoms with E-state index in [1.807, 2.05) is 37.4 Å². The fourth-order valence-electron chi connectivity index (χ4n) is 3.22. The van der Waals surface area contributed by atoms with Gasteiger partial charge < -0.3 is 25.5 Å². The lowest BCUT2D eigenvalue weighted by Gasteiger charge is -2.19. The van der Waals surface area contributed by atoms with E-state index in [1.54, 1.807) is 48.3 Å². The summed E-state index contributed by atoms with van der Waals surface area (Å²) in [5.41, 5.74) is 1.98. The van der Waals surface area contributed by atoms with E-state index in [0.29, 0.717) is 29.4 Å². The van der Waals surface area contributed by atoms with Gasteiger partial charge in [-0.25, -0.2) is 27.9 Å². The summed E-state index contributed by atoms with van der Waals surface area (Å²) < 4.78 is 58.5. The van der Waals surface area contributed by atoms with Crippen LogP contribution in [0.3, 0.4) is 0 Å². The highest BCUT2D eigenvalue weighted by molar-refractivity contribution is 7.98. The summed E-state index contributed by atoms with van der Waals surface area (Å²) in [4.78, 5) is 34.8. The van der Waals surface area contributed by atoms with Crippen LogP contribution < -0.4 is 15.4 Å². The van der Waals surface area contributed by atoms with Gasteiger partial charge in [0, 0.05) is 42.3 Å². The number of carboxylic acids is 1. The van der Waals surface area contributed by atoms with Crippen molar-refractivity contribution < 1.29 is 36.3 Å². The molecule has 0 saturated carbocycles. The van der Waals surface area contributed by atoms with Crippen LogP contribution in [0, 0.1) is 0 Å². The zero-order chi connectivity index (χ0) is 32.4. The molecule has 0 saturated heterocycles. The molecule has 0 unspecified atom stereocenters. The van der Waals surface area contributed by atoms with Crippen molar-refractivity contribution in [2.24, 2.45) is 0 Å². The Labute approximate surface area is 251 Å². The van der Waals surface area contributed by atoms with Crippen molar-refractivity contribution in [3.8, 4) is 0 Å². The van der Waals surface area contributed by atoms with Gasteiger partial charge in [0.15, 0.2) is 0 Å². The molecular weight excluding hydrogens is 611 g/mol. The number of rotatable bonds is 11. The number of thioether (sulfide) groups is 1. The van der Waals surface area contributed by atoms with Gasteiger partial charge in [-0.05, 0) is 69.9 Å². The molecule has 12 nitrogen and oxygen atoms in total. The van der Waals surface area contributed by atoms with Crippen molar-refractivity contribution in [1.29, 1.82) is 0 Å². The van der Waals surface area contributed by atoms with Crippen LogP contribution in [0.4, 0.5) is 36.2 Å². The maximum Gasteiger partial charge on any atom is 0.490 e. The smallest absolute Gasteiger partial charge is 0.475 e. The first-order valence-corrected chi connectivity index (χ1v) is 15.1. The summed E-state index contributed by atoms with van der Waals surface area (Å²) in [7, 11) is 3.53. The summed E-state index contributed by atoms with van der Waals surface area (Å²) in [5.74, 6) is -1.76. The topological polar surface area (TPSA) is 157 Å². The minimum atomic E-state index is -5.08. The van der Waals surface area contributed by atoms with E-state index in [9.17, 15) is 26.4 Å². The molecule has 1 amide bonds. The normalized spacial score (nSPS) is 11.4. The Bertz CT molecular complexity index is 1510. The third kappa shape index (κ3) is 11.0. The van der Waals surface area contributed by atoms with Gasteiger partial charge in [0.25, 0.3) is 5.91 Å². The number of sulfonamides is 1. The number of anilines is 4. The minimum Gasteiger partial charge on any atom is -0.475 e. The molecule has 3 aromatic rings. The lowest BCUT2D eigenvalue weighted by atomic mass is 10.2. The number of alkyl halides is 3. The van der Waals surface area contributed by atoms with E-state index in [2.05, 4.69) is 25.3 Å². The molecular formula is C26H32F3N7O5S2. The van der Waals surface area contributed by atoms with Crippen molar-refractivity contribution in [3.63, 3.8) is 0 Å². The number of benzene rings is 2. The fraction of sp³-hybridized carbons (Fsp3) is 0.308. The van der Waals surface area contributed by atoms with E-state index in [-0.39, 0.29) is 10.8 Å². The average Bonchev–Trinajstić information content (AvgIpc) is 2.96. The molecule has 0 spiro atoms. The molecule has 0 radical (unpaired) electrons. The fourth-order valence-corrected chi connectivity index (χ4v) is 4.51. The Kier molecular flexibility index (Phi) is 12.7. The zero-order valence-electron chi connectivity index (χ0n) is 23.9. The molecule has 0 bridgehead atoms. The van der Waals surface area contributed by atoms with Crippen molar-refractivity contribution >= 4 is 56.7 Å². The van der Waals surface area contributed by atoms with Gasteiger partial charge in [0.2, 0.25) is 10.0 Å². The molecule has 3 rings (SSSR count). The Hall–Kier alpha value is -3.93. The van der Waals surface area contributed by atoms with Gasteiger partial charge >= 0.3 is 12.1 Å². The number of carboxylic acid groups (broad SMARTS) is 1. The number of hydrogen-bond acceptors (Lipinski definition) is 10. The van der Waals surface area contributed by atoms with Crippen LogP contribution in [-0.4, -0.2) is 98.9 Å². The molecule has 0 aliphatic carbocycles. The standard InChI is InChI=1S/C24H31N7O3S2.C2HF3O2/c1-25-36(33,34)19-10-11-21(35-5)20(14-19)29-23-15-22(26-16-27-23)28-18-8-6-17(7-9-18)24(32)31(4)13-12-30(2)3;3-2(4,5)1(6)7/h6-11,14-16,25H,12-13H2,1-5H3,(H2,26,27,28,29);(H,6,7). The van der Waals surface area contributed by atoms with E-state index >= 15 is 0 Å². The third-order valence-corrected chi connectivity index (χ3v) is 7.76. The van der Waals surface area contributed by atoms with Crippen LogP contribution >= 0.6 is 11.8 Å². The second-order valence-corrected chi connectivity index (χ2v) is 11.8. The van der Waals surface area contributed by atoms with Crippen LogP contribution in [-0.2, 0) is 14.8 Å². The lowest BCUT2D eigenvalue weighted by Crippen LogP contribution is -2.33. The maximum atomic E-state index is 12.6. The summed E-state index contributed by atoms with van der Waals surface area (Å²) in [6.07, 6.45) is -1.76. The summed E-state index contributed by atoms with van der Waals surface area (Å²) >= 11 is 1.49. The van der Waals surface area contributed by atoms with E-state index in [0.717, 1.165) is 17.1 Å². The number of nitrogens with one attached hydrogen (secondary N) is 3. The Balaban J connectivity index is 0.000000821. The Morgan fingerprint density at radius 2 is 1.53 bits per heavy atom. The van der Waals surface area contributed by atoms with Gasteiger partial charge in [0.1, 0.15) is 18.0 Å². The highest BCUT2D eigenvalue weighted by Crippen LogP contribution is 2.30. The number of hydrogen-bond donors (Lipinski definition) is 4. The lowest BCUT2D eigenvalue weighted by molar-refractivity contribution is -0.192. The molecule has 0 aliphatic heterocycles. The second-order valence-electron chi connectivity index (χ2n) is 9.02. The number of carbonyl (C=O) groups is 2. The van der Waals surface area contributed by atoms with Crippen molar-refractivity contribution in [3.05, 3.63) is 60.4 Å². The van der Waals surface area contributed by atoms with E-state index < -0.39 is 22.2 Å². The third-order valence-electron chi connectivity index (χ3n) is 5.56. The molecule has 234 valence electrons. The van der Waals surface area contributed by atoms with Gasteiger partial charge in [-0.3, -0.25) is 4.79 Å². The van der Waals surface area contributed by atoms with Crippen LogP contribution in [0.5, 0.6) is 0 Å². The van der Waals surface area contributed by atoms with Crippen LogP contribution in [0.2, 0.25) is 0 Å². The van der Waals surface area contributed by atoms with Crippen LogP contribution in [0.15, 0.2) is 64.6 Å². The number of aliphatic carboxylic acids is 1. The molecule has 2 aromatic carbocycles. The molecule has 1 heterocycles. The van der Waals surface area contributed by atoms with Gasteiger partial charge in [-0.1, -0.05) is 0 Å². The largest absolute Gasteiger partial charge is 0.490 e. The van der Waals surface area contributed by atoms with Gasteiger partial charge in [-0.2, -0.15) is 13.2 Å². The zero-order valence-corrected chi connectivity index (χ0v) is 25.6. The number of amides is 1. The van der Waals surface area contributed by atoms with Crippen LogP contribution in [0.1, 0.15) is 10.4 Å². The van der Waals surface area contributed by atoms with E-state index in [4.69, 9.17) is 9.90 Å². The molecule has 17 heteroatoms. The molecule has 43 heavy (non-hydrogen) atoms. The predicted molar refractivity (Wildman–Crippen MR) is 159 cm³/mol. The SMILES string of the molecule is CNS(=O)(=O)c1ccc(SC)c(Nc2cc(Nc3ccc(C(=O)N(C)CCN(C)C)cc3)ncn2)c1.O=C(O)C(F)(F)F. The molecule has 1 aromatic heterocycles. The van der Waals surface area contributed by atoms with Gasteiger partial charge in [0.05, 0.1) is 10.6 Å². The summed E-state index contributed by atoms with van der Waals surface area (Å²) in [5, 5.41) is 13.5. The average molecular weight is 644 g/mol. The monoisotopic (exact) mass is 643 g/mol. The first kappa shape index (κ1) is 35.3. The Morgan fingerprint density at radius 3 is 2.05 bits per heavy atom. The quantitative estimate of drug-likeness (QED) is 0.225. The van der Waals surface area contributed by atoms with Gasteiger partial charge in [-0.15, -0.1) is 11.8 Å². The highest BCUT2D eigenvalue weighted by Gasteiger charge is 2.38. The molecule has 4 N–H and O–H groups in total.